The van der Waals surface area contributed by atoms with Gasteiger partial charge in [0.15, 0.2) is 0 Å². The van der Waals surface area contributed by atoms with Crippen molar-refractivity contribution in [2.45, 2.75) is 57.0 Å². The molecule has 1 aliphatic heterocycles. The number of hydrogen-bond donors (Lipinski definition) is 2. The minimum absolute atomic E-state index is 0.133. The molecule has 1 amide bonds. The molecule has 3 aliphatic carbocycles. The molecule has 2 N–H and O–H groups in total. The predicted octanol–water partition coefficient (Wildman–Crippen LogP) is 1.25. The molecule has 0 aromatic carbocycles. The molecule has 6 nitrogen and oxygen atoms in total. The molecule has 0 bridgehead atoms. The number of amides is 1. The summed E-state index contributed by atoms with van der Waals surface area (Å²) in [5.74, 6) is 0.342. The van der Waals surface area contributed by atoms with Crippen molar-refractivity contribution in [2.75, 3.05) is 26.3 Å². The third kappa shape index (κ3) is 3.45. The maximum atomic E-state index is 12.5. The number of rotatable bonds is 7. The van der Waals surface area contributed by atoms with Gasteiger partial charge in [-0.05, 0) is 56.3 Å². The highest BCUT2D eigenvalue weighted by molar-refractivity contribution is 5.83. The van der Waals surface area contributed by atoms with Gasteiger partial charge in [-0.25, -0.2) is 0 Å². The van der Waals surface area contributed by atoms with Gasteiger partial charge in [-0.2, -0.15) is 0 Å². The number of carboxylic acid groups (broad SMARTS) is 1. The average Bonchev–Trinajstić information content (AvgIpc) is 3.41. The monoisotopic (exact) mass is 336 g/mol. The molecule has 3 saturated carbocycles. The van der Waals surface area contributed by atoms with Gasteiger partial charge in [0.05, 0.1) is 6.54 Å². The van der Waals surface area contributed by atoms with Gasteiger partial charge in [0.1, 0.15) is 0 Å². The third-order valence-corrected chi connectivity index (χ3v) is 6.50. The standard InChI is InChI=1S/C18H28N2O4/c21-16(22)11-20(10-12-1-2-12)14-7-13(8-14)19-17(23)15-9-18(15)3-5-24-6-4-18/h12-15H,1-11H2,(H,19,23)(H,21,22). The van der Waals surface area contributed by atoms with Crippen LogP contribution in [-0.2, 0) is 14.3 Å². The first-order valence-electron chi connectivity index (χ1n) is 9.40. The van der Waals surface area contributed by atoms with Crippen LogP contribution in [0.25, 0.3) is 0 Å². The lowest BCUT2D eigenvalue weighted by Crippen LogP contribution is -2.55. The van der Waals surface area contributed by atoms with Crippen molar-refractivity contribution in [3.05, 3.63) is 0 Å². The van der Waals surface area contributed by atoms with Crippen LogP contribution in [0.15, 0.2) is 0 Å². The van der Waals surface area contributed by atoms with E-state index in [1.54, 1.807) is 0 Å². The number of nitrogens with zero attached hydrogens (tertiary/aromatic N) is 1. The van der Waals surface area contributed by atoms with Gasteiger partial charge in [0.2, 0.25) is 5.91 Å². The van der Waals surface area contributed by atoms with Crippen molar-refractivity contribution in [3.8, 4) is 0 Å². The molecular weight excluding hydrogens is 308 g/mol. The van der Waals surface area contributed by atoms with E-state index in [1.807, 2.05) is 0 Å². The predicted molar refractivity (Wildman–Crippen MR) is 87.5 cm³/mol. The van der Waals surface area contributed by atoms with Crippen LogP contribution in [0, 0.1) is 17.3 Å². The Morgan fingerprint density at radius 1 is 1.21 bits per heavy atom. The van der Waals surface area contributed by atoms with E-state index in [0.717, 1.165) is 51.9 Å². The van der Waals surface area contributed by atoms with Crippen molar-refractivity contribution in [2.24, 2.45) is 17.3 Å². The van der Waals surface area contributed by atoms with Crippen molar-refractivity contribution >= 4 is 11.9 Å². The first kappa shape index (κ1) is 16.3. The average molecular weight is 336 g/mol. The Hall–Kier alpha value is -1.14. The molecule has 0 aromatic rings. The van der Waals surface area contributed by atoms with E-state index in [4.69, 9.17) is 9.84 Å². The molecular formula is C18H28N2O4. The highest BCUT2D eigenvalue weighted by Gasteiger charge is 2.58. The summed E-state index contributed by atoms with van der Waals surface area (Å²) in [5.41, 5.74) is 0.229. The van der Waals surface area contributed by atoms with Gasteiger partial charge in [-0.3, -0.25) is 14.5 Å². The number of carbonyl (C=O) groups excluding carboxylic acids is 1. The zero-order valence-corrected chi connectivity index (χ0v) is 14.2. The van der Waals surface area contributed by atoms with Crippen LogP contribution in [0.5, 0.6) is 0 Å². The molecule has 1 spiro atoms. The van der Waals surface area contributed by atoms with Crippen LogP contribution in [0.1, 0.15) is 44.9 Å². The fraction of sp³-hybridized carbons (Fsp3) is 0.889. The lowest BCUT2D eigenvalue weighted by Gasteiger charge is -2.43. The topological polar surface area (TPSA) is 78.9 Å². The summed E-state index contributed by atoms with van der Waals surface area (Å²) in [4.78, 5) is 25.6. The zero-order chi connectivity index (χ0) is 16.7. The summed E-state index contributed by atoms with van der Waals surface area (Å²) in [6.07, 6.45) is 7.32. The maximum Gasteiger partial charge on any atom is 0.317 e. The van der Waals surface area contributed by atoms with Crippen LogP contribution in [-0.4, -0.2) is 60.3 Å². The van der Waals surface area contributed by atoms with Crippen LogP contribution >= 0.6 is 0 Å². The summed E-state index contributed by atoms with van der Waals surface area (Å²) >= 11 is 0. The van der Waals surface area contributed by atoms with Gasteiger partial charge in [-0.15, -0.1) is 0 Å². The maximum absolute atomic E-state index is 12.5. The molecule has 0 aromatic heterocycles. The lowest BCUT2D eigenvalue weighted by atomic mass is 9.84. The third-order valence-electron chi connectivity index (χ3n) is 6.50. The molecule has 134 valence electrons. The second-order valence-electron chi connectivity index (χ2n) is 8.33. The minimum Gasteiger partial charge on any atom is -0.480 e. The fourth-order valence-electron chi connectivity index (χ4n) is 4.50. The van der Waals surface area contributed by atoms with E-state index in [9.17, 15) is 9.59 Å². The SMILES string of the molecule is O=C(O)CN(CC1CC1)C1CC(NC(=O)C2CC23CCOCC3)C1. The molecule has 6 heteroatoms. The summed E-state index contributed by atoms with van der Waals surface area (Å²) in [7, 11) is 0. The summed E-state index contributed by atoms with van der Waals surface area (Å²) in [5, 5.41) is 12.3. The Labute approximate surface area is 142 Å². The van der Waals surface area contributed by atoms with Crippen LogP contribution in [0.4, 0.5) is 0 Å². The summed E-state index contributed by atoms with van der Waals surface area (Å²) < 4.78 is 5.41. The quantitative estimate of drug-likeness (QED) is 0.731. The molecule has 4 rings (SSSR count). The molecule has 1 atom stereocenters. The van der Waals surface area contributed by atoms with Crippen molar-refractivity contribution < 1.29 is 19.4 Å². The zero-order valence-electron chi connectivity index (χ0n) is 14.2. The lowest BCUT2D eigenvalue weighted by molar-refractivity contribution is -0.140. The molecule has 4 aliphatic rings. The van der Waals surface area contributed by atoms with E-state index in [2.05, 4.69) is 10.2 Å². The Kier molecular flexibility index (Phi) is 4.29. The Morgan fingerprint density at radius 3 is 2.54 bits per heavy atom. The highest BCUT2D eigenvalue weighted by Crippen LogP contribution is 2.59. The van der Waals surface area contributed by atoms with Crippen LogP contribution in [0.2, 0.25) is 0 Å². The van der Waals surface area contributed by atoms with Crippen LogP contribution in [0.3, 0.4) is 0 Å². The van der Waals surface area contributed by atoms with Gasteiger partial charge < -0.3 is 15.2 Å². The fourth-order valence-corrected chi connectivity index (χ4v) is 4.50. The van der Waals surface area contributed by atoms with Gasteiger partial charge >= 0.3 is 5.97 Å². The van der Waals surface area contributed by atoms with E-state index >= 15 is 0 Å². The summed E-state index contributed by atoms with van der Waals surface area (Å²) in [6.45, 7) is 2.62. The molecule has 1 heterocycles. The highest BCUT2D eigenvalue weighted by atomic mass is 16.5. The normalized spacial score (nSPS) is 34.0. The molecule has 24 heavy (non-hydrogen) atoms. The van der Waals surface area contributed by atoms with Gasteiger partial charge in [-0.1, -0.05) is 0 Å². The Balaban J connectivity index is 1.22. The first-order chi connectivity index (χ1) is 11.6. The van der Waals surface area contributed by atoms with Crippen LogP contribution < -0.4 is 5.32 Å². The van der Waals surface area contributed by atoms with Gasteiger partial charge in [0, 0.05) is 37.8 Å². The molecule has 1 saturated heterocycles. The number of carbonyl (C=O) groups is 2. The number of nitrogens with one attached hydrogen (secondary N) is 1. The summed E-state index contributed by atoms with van der Waals surface area (Å²) in [6, 6.07) is 0.554. The van der Waals surface area contributed by atoms with E-state index in [1.165, 1.54) is 12.8 Å². The molecule has 4 fully saturated rings. The largest absolute Gasteiger partial charge is 0.480 e. The Morgan fingerprint density at radius 2 is 1.92 bits per heavy atom. The smallest absolute Gasteiger partial charge is 0.317 e. The molecule has 1 unspecified atom stereocenters. The minimum atomic E-state index is -0.748. The number of ether oxygens (including phenoxy) is 1. The number of hydrogen-bond acceptors (Lipinski definition) is 4. The van der Waals surface area contributed by atoms with Crippen molar-refractivity contribution in [1.29, 1.82) is 0 Å². The number of aliphatic carboxylic acids is 1. The molecule has 0 radical (unpaired) electrons. The Bertz CT molecular complexity index is 507. The van der Waals surface area contributed by atoms with Crippen molar-refractivity contribution in [3.63, 3.8) is 0 Å². The van der Waals surface area contributed by atoms with E-state index in [-0.39, 0.29) is 29.8 Å². The second kappa shape index (κ2) is 6.30. The van der Waals surface area contributed by atoms with E-state index < -0.39 is 5.97 Å². The number of carboxylic acids is 1. The second-order valence-corrected chi connectivity index (χ2v) is 8.33. The van der Waals surface area contributed by atoms with E-state index in [0.29, 0.717) is 12.0 Å². The van der Waals surface area contributed by atoms with Gasteiger partial charge in [0.25, 0.3) is 0 Å². The first-order valence-corrected chi connectivity index (χ1v) is 9.40. The van der Waals surface area contributed by atoms with Crippen molar-refractivity contribution in [1.82, 2.24) is 10.2 Å².